The van der Waals surface area contributed by atoms with E-state index >= 15 is 0 Å². The first-order valence-electron chi connectivity index (χ1n) is 18.0. The van der Waals surface area contributed by atoms with E-state index in [4.69, 9.17) is 21.3 Å². The number of piperidine rings is 2. The van der Waals surface area contributed by atoms with Crippen molar-refractivity contribution in [3.8, 4) is 0 Å². The van der Waals surface area contributed by atoms with Crippen molar-refractivity contribution >= 4 is 69.1 Å². The van der Waals surface area contributed by atoms with Crippen molar-refractivity contribution < 1.29 is 19.1 Å². The maximum atomic E-state index is 12.9. The fourth-order valence-corrected chi connectivity index (χ4v) is 7.99. The highest BCUT2D eigenvalue weighted by Gasteiger charge is 2.33. The van der Waals surface area contributed by atoms with Gasteiger partial charge < -0.3 is 25.2 Å². The number of aromatic nitrogens is 4. The molecule has 0 radical (unpaired) electrons. The van der Waals surface area contributed by atoms with Crippen LogP contribution in [0.5, 0.6) is 0 Å². The summed E-state index contributed by atoms with van der Waals surface area (Å²) in [5, 5.41) is 15.6. The van der Waals surface area contributed by atoms with Crippen molar-refractivity contribution in [1.82, 2.24) is 30.0 Å². The van der Waals surface area contributed by atoms with Crippen LogP contribution in [0.4, 0.5) is 28.8 Å². The second kappa shape index (κ2) is 14.3. The summed E-state index contributed by atoms with van der Waals surface area (Å²) in [6.45, 7) is 8.51. The van der Waals surface area contributed by atoms with E-state index in [9.17, 15) is 14.4 Å². The Hall–Kier alpha value is -4.79. The van der Waals surface area contributed by atoms with Crippen molar-refractivity contribution in [3.05, 3.63) is 58.9 Å². The summed E-state index contributed by atoms with van der Waals surface area (Å²) in [6, 6.07) is 12.3. The molecule has 14 nitrogen and oxygen atoms in total. The predicted octanol–water partition coefficient (Wildman–Crippen LogP) is 3.83. The number of fused-ring (bicyclic) bond motifs is 2. The van der Waals surface area contributed by atoms with Crippen LogP contribution in [-0.4, -0.2) is 101 Å². The lowest BCUT2D eigenvalue weighted by atomic mass is 9.92. The Morgan fingerprint density at radius 1 is 1.02 bits per heavy atom. The van der Waals surface area contributed by atoms with E-state index in [0.717, 1.165) is 85.9 Å². The molecule has 272 valence electrons. The molecule has 0 aliphatic carbocycles. The summed E-state index contributed by atoms with van der Waals surface area (Å²) in [7, 11) is 1.88. The van der Waals surface area contributed by atoms with Crippen molar-refractivity contribution in [2.24, 2.45) is 13.0 Å². The lowest BCUT2D eigenvalue weighted by Crippen LogP contribution is -2.46. The first-order chi connectivity index (χ1) is 25.2. The van der Waals surface area contributed by atoms with Crippen LogP contribution in [0.25, 0.3) is 10.9 Å². The first kappa shape index (κ1) is 34.3. The van der Waals surface area contributed by atoms with Gasteiger partial charge in [-0.1, -0.05) is 18.5 Å². The Morgan fingerprint density at radius 2 is 1.85 bits per heavy atom. The van der Waals surface area contributed by atoms with Gasteiger partial charge in [0.1, 0.15) is 5.02 Å². The summed E-state index contributed by atoms with van der Waals surface area (Å²) in [6.07, 6.45) is 3.67. The van der Waals surface area contributed by atoms with Crippen LogP contribution in [-0.2, 0) is 32.6 Å². The fourth-order valence-electron chi connectivity index (χ4n) is 7.85. The highest BCUT2D eigenvalue weighted by molar-refractivity contribution is 6.33. The van der Waals surface area contributed by atoms with Crippen LogP contribution in [0.2, 0.25) is 5.02 Å². The molecule has 3 fully saturated rings. The SMILES string of the molecule is C[C@@H]1CN(c2ncc(Cl)c(Nc3ccc4c(c3)CC(=O)N4CCN3CCOCC3)n2)CC[C@H]1Nc1ccc2c([C@@H]3CCC(=O)NC3=O)nn(C)c2c1. The molecular formula is C37H43ClN10O4. The molecule has 15 heteroatoms. The fraction of sp³-hybridized carbons (Fsp3) is 0.459. The number of carbonyl (C=O) groups is 3. The summed E-state index contributed by atoms with van der Waals surface area (Å²) in [4.78, 5) is 53.0. The van der Waals surface area contributed by atoms with Gasteiger partial charge in [-0.3, -0.25) is 29.3 Å². The number of nitrogens with zero attached hydrogens (tertiary/aromatic N) is 7. The Bertz CT molecular complexity index is 2030. The number of aryl methyl sites for hydroxylation is 1. The molecule has 6 heterocycles. The van der Waals surface area contributed by atoms with Crippen molar-refractivity contribution in [1.29, 1.82) is 0 Å². The van der Waals surface area contributed by atoms with Gasteiger partial charge in [0.25, 0.3) is 0 Å². The number of nitrogens with one attached hydrogen (secondary N) is 3. The number of amides is 3. The third-order valence-corrected chi connectivity index (χ3v) is 11.0. The first-order valence-corrected chi connectivity index (χ1v) is 18.4. The Morgan fingerprint density at radius 3 is 2.65 bits per heavy atom. The summed E-state index contributed by atoms with van der Waals surface area (Å²) >= 11 is 6.59. The van der Waals surface area contributed by atoms with E-state index in [1.165, 1.54) is 0 Å². The number of halogens is 1. The Balaban J connectivity index is 0.902. The highest BCUT2D eigenvalue weighted by atomic mass is 35.5. The van der Waals surface area contributed by atoms with Gasteiger partial charge >= 0.3 is 0 Å². The molecule has 8 rings (SSSR count). The molecule has 3 saturated heterocycles. The maximum absolute atomic E-state index is 12.9. The van der Waals surface area contributed by atoms with E-state index in [-0.39, 0.29) is 29.7 Å². The molecule has 3 amide bonds. The minimum atomic E-state index is -0.434. The van der Waals surface area contributed by atoms with Crippen molar-refractivity contribution in [3.63, 3.8) is 0 Å². The van der Waals surface area contributed by atoms with E-state index < -0.39 is 5.92 Å². The highest BCUT2D eigenvalue weighted by Crippen LogP contribution is 2.35. The lowest BCUT2D eigenvalue weighted by Gasteiger charge is -2.37. The lowest BCUT2D eigenvalue weighted by molar-refractivity contribution is -0.134. The van der Waals surface area contributed by atoms with Gasteiger partial charge in [0, 0.05) is 81.2 Å². The van der Waals surface area contributed by atoms with Crippen molar-refractivity contribution in [2.75, 3.05) is 72.9 Å². The topological polar surface area (TPSA) is 150 Å². The number of morpholine rings is 1. The van der Waals surface area contributed by atoms with Crippen LogP contribution < -0.4 is 25.8 Å². The van der Waals surface area contributed by atoms with Gasteiger partial charge in [0.2, 0.25) is 23.7 Å². The van der Waals surface area contributed by atoms with Gasteiger partial charge in [-0.05, 0) is 60.7 Å². The van der Waals surface area contributed by atoms with E-state index in [2.05, 4.69) is 48.8 Å². The molecule has 2 aromatic heterocycles. The molecule has 0 bridgehead atoms. The van der Waals surface area contributed by atoms with Crippen molar-refractivity contribution in [2.45, 2.75) is 44.6 Å². The summed E-state index contributed by atoms with van der Waals surface area (Å²) in [5.74, 6) is 0.586. The number of ether oxygens (including phenoxy) is 1. The van der Waals surface area contributed by atoms with Crippen LogP contribution in [0.1, 0.15) is 43.4 Å². The smallest absolute Gasteiger partial charge is 0.235 e. The maximum Gasteiger partial charge on any atom is 0.235 e. The van der Waals surface area contributed by atoms with Gasteiger partial charge in [-0.15, -0.1) is 0 Å². The Labute approximate surface area is 306 Å². The van der Waals surface area contributed by atoms with Gasteiger partial charge in [0.05, 0.1) is 43.0 Å². The molecule has 52 heavy (non-hydrogen) atoms. The van der Waals surface area contributed by atoms with Crippen LogP contribution in [0, 0.1) is 5.92 Å². The average molecular weight is 727 g/mol. The van der Waals surface area contributed by atoms with Gasteiger partial charge in [0.15, 0.2) is 5.82 Å². The molecular weight excluding hydrogens is 684 g/mol. The zero-order chi connectivity index (χ0) is 35.9. The van der Waals surface area contributed by atoms with E-state index in [0.29, 0.717) is 48.3 Å². The number of carbonyl (C=O) groups excluding carboxylic acids is 3. The van der Waals surface area contributed by atoms with Gasteiger partial charge in [-0.2, -0.15) is 10.1 Å². The number of hydrogen-bond acceptors (Lipinski definition) is 11. The number of benzene rings is 2. The molecule has 3 atom stereocenters. The number of hydrogen-bond donors (Lipinski definition) is 3. The Kier molecular flexibility index (Phi) is 9.45. The molecule has 4 aliphatic rings. The molecule has 3 N–H and O–H groups in total. The van der Waals surface area contributed by atoms with Gasteiger partial charge in [-0.25, -0.2) is 4.98 Å². The van der Waals surface area contributed by atoms with Crippen LogP contribution in [0.3, 0.4) is 0 Å². The minimum absolute atomic E-state index is 0.117. The largest absolute Gasteiger partial charge is 0.382 e. The molecule has 0 spiro atoms. The van der Waals surface area contributed by atoms with E-state index in [1.807, 2.05) is 42.3 Å². The molecule has 4 aromatic rings. The summed E-state index contributed by atoms with van der Waals surface area (Å²) in [5.41, 5.74) is 5.39. The third-order valence-electron chi connectivity index (χ3n) is 10.7. The zero-order valence-corrected chi connectivity index (χ0v) is 30.2. The normalized spacial score (nSPS) is 22.5. The van der Waals surface area contributed by atoms with Crippen LogP contribution in [0.15, 0.2) is 42.6 Å². The second-order valence-corrected chi connectivity index (χ2v) is 14.6. The minimum Gasteiger partial charge on any atom is -0.382 e. The number of anilines is 5. The molecule has 2 aromatic carbocycles. The molecule has 0 saturated carbocycles. The van der Waals surface area contributed by atoms with E-state index in [1.54, 1.807) is 10.9 Å². The zero-order valence-electron chi connectivity index (χ0n) is 29.4. The predicted molar refractivity (Wildman–Crippen MR) is 199 cm³/mol. The number of rotatable bonds is 9. The van der Waals surface area contributed by atoms with Crippen LogP contribution >= 0.6 is 11.6 Å². The molecule has 0 unspecified atom stereocenters. The molecule has 4 aliphatic heterocycles. The third kappa shape index (κ3) is 6.89. The quantitative estimate of drug-likeness (QED) is 0.216. The standard InChI is InChI=1S/C37H43ClN10O4/c1-22-21-47(10-9-29(22)40-25-3-5-26-31(19-25)45(2)44-34(26)27-6-8-32(49)42-36(27)51)37-39-20-28(38)35(43-37)41-24-4-7-30-23(17-24)18-33(50)48(30)12-11-46-13-15-52-16-14-46/h3-5,7,17,19-20,22,27,29,40H,6,8-16,18,21H2,1-2H3,(H,39,41,43)(H,42,49,51)/t22-,27+,29-/m1/s1. The second-order valence-electron chi connectivity index (χ2n) is 14.2. The summed E-state index contributed by atoms with van der Waals surface area (Å²) < 4.78 is 7.26. The number of imide groups is 1. The monoisotopic (exact) mass is 726 g/mol. The average Bonchev–Trinajstić information content (AvgIpc) is 3.63.